The van der Waals surface area contributed by atoms with Crippen molar-refractivity contribution in [3.8, 4) is 17.1 Å². The fourth-order valence-corrected chi connectivity index (χ4v) is 5.28. The first-order chi connectivity index (χ1) is 18.1. The van der Waals surface area contributed by atoms with Gasteiger partial charge in [0, 0.05) is 17.9 Å². The summed E-state index contributed by atoms with van der Waals surface area (Å²) < 4.78 is 26.6. The van der Waals surface area contributed by atoms with E-state index in [2.05, 4.69) is 15.5 Å². The number of thioether (sulfide) groups is 1. The molecule has 1 fully saturated rings. The molecular formula is C28H27FN4O3S. The van der Waals surface area contributed by atoms with Gasteiger partial charge >= 0.3 is 0 Å². The normalized spacial score (nSPS) is 15.9. The molecule has 1 aliphatic rings. The molecule has 0 saturated carbocycles. The molecule has 1 amide bonds. The van der Waals surface area contributed by atoms with Crippen molar-refractivity contribution in [3.63, 3.8) is 0 Å². The molecule has 1 saturated heterocycles. The highest BCUT2D eigenvalue weighted by Crippen LogP contribution is 2.37. The number of ether oxygens (including phenoxy) is 2. The number of rotatable bonds is 9. The summed E-state index contributed by atoms with van der Waals surface area (Å²) in [6.07, 6.45) is 2.02. The van der Waals surface area contributed by atoms with Gasteiger partial charge in [0.1, 0.15) is 16.8 Å². The molecule has 2 atom stereocenters. The van der Waals surface area contributed by atoms with Crippen molar-refractivity contribution >= 4 is 23.4 Å². The van der Waals surface area contributed by atoms with Crippen molar-refractivity contribution in [2.24, 2.45) is 0 Å². The third-order valence-corrected chi connectivity index (χ3v) is 7.39. The number of hydrogen-bond donors (Lipinski definition) is 1. The summed E-state index contributed by atoms with van der Waals surface area (Å²) in [5.41, 5.74) is 2.24. The number of benzene rings is 3. The summed E-state index contributed by atoms with van der Waals surface area (Å²) in [6, 6.07) is 22.9. The maximum Gasteiger partial charge on any atom is 0.242 e. The molecule has 7 nitrogen and oxygen atoms in total. The van der Waals surface area contributed by atoms with Gasteiger partial charge in [-0.15, -0.1) is 10.2 Å². The number of nitrogens with one attached hydrogen (secondary N) is 1. The lowest BCUT2D eigenvalue weighted by atomic mass is 10.1. The number of carbonyl (C=O) groups is 1. The molecule has 0 bridgehead atoms. The van der Waals surface area contributed by atoms with Gasteiger partial charge in [0.25, 0.3) is 0 Å². The predicted molar refractivity (Wildman–Crippen MR) is 141 cm³/mol. The summed E-state index contributed by atoms with van der Waals surface area (Å²) in [4.78, 5) is 13.5. The maximum atomic E-state index is 13.5. The highest BCUT2D eigenvalue weighted by atomic mass is 32.2. The largest absolute Gasteiger partial charge is 0.497 e. The molecule has 1 N–H and O–H groups in total. The fraction of sp³-hybridized carbons (Fsp3) is 0.250. The lowest BCUT2D eigenvalue weighted by Gasteiger charge is -2.19. The number of aromatic nitrogens is 3. The van der Waals surface area contributed by atoms with Crippen molar-refractivity contribution in [2.45, 2.75) is 35.9 Å². The van der Waals surface area contributed by atoms with Crippen LogP contribution in [0.25, 0.3) is 11.4 Å². The number of amides is 1. The third kappa shape index (κ3) is 6.00. The van der Waals surface area contributed by atoms with Crippen LogP contribution >= 0.6 is 11.8 Å². The molecule has 37 heavy (non-hydrogen) atoms. The van der Waals surface area contributed by atoms with Crippen molar-refractivity contribution in [2.75, 3.05) is 19.0 Å². The topological polar surface area (TPSA) is 78.3 Å². The number of nitrogens with zero attached hydrogens (tertiary/aromatic N) is 3. The van der Waals surface area contributed by atoms with E-state index in [9.17, 15) is 9.18 Å². The van der Waals surface area contributed by atoms with Crippen LogP contribution in [0.3, 0.4) is 0 Å². The lowest BCUT2D eigenvalue weighted by Crippen LogP contribution is -2.21. The van der Waals surface area contributed by atoms with Gasteiger partial charge in [-0.2, -0.15) is 0 Å². The van der Waals surface area contributed by atoms with Crippen molar-refractivity contribution in [1.82, 2.24) is 14.8 Å². The SMILES string of the molecule is COc1ccc(-c2nnc(SC(C(=O)Nc3ccc(F)cc3)c3ccccc3)n2CC2CCCO2)cc1. The first kappa shape index (κ1) is 25.0. The number of halogens is 1. The molecule has 4 aromatic rings. The zero-order chi connectivity index (χ0) is 25.6. The molecule has 0 radical (unpaired) electrons. The minimum Gasteiger partial charge on any atom is -0.497 e. The highest BCUT2D eigenvalue weighted by molar-refractivity contribution is 8.00. The van der Waals surface area contributed by atoms with Gasteiger partial charge in [0.2, 0.25) is 5.91 Å². The molecule has 9 heteroatoms. The Morgan fingerprint density at radius 2 is 1.86 bits per heavy atom. The van der Waals surface area contributed by atoms with Gasteiger partial charge in [-0.05, 0) is 66.9 Å². The molecule has 1 aromatic heterocycles. The maximum absolute atomic E-state index is 13.5. The van der Waals surface area contributed by atoms with Crippen LogP contribution in [-0.2, 0) is 16.1 Å². The molecule has 190 valence electrons. The van der Waals surface area contributed by atoms with Gasteiger partial charge in [-0.3, -0.25) is 9.36 Å². The van der Waals surface area contributed by atoms with Gasteiger partial charge in [-0.25, -0.2) is 4.39 Å². The van der Waals surface area contributed by atoms with E-state index in [-0.39, 0.29) is 17.8 Å². The molecule has 2 unspecified atom stereocenters. The van der Waals surface area contributed by atoms with E-state index in [0.29, 0.717) is 23.2 Å². The smallest absolute Gasteiger partial charge is 0.242 e. The average Bonchev–Trinajstić information content (AvgIpc) is 3.59. The summed E-state index contributed by atoms with van der Waals surface area (Å²) in [5, 5.41) is 11.9. The van der Waals surface area contributed by atoms with Crippen LogP contribution in [-0.4, -0.2) is 40.5 Å². The second-order valence-electron chi connectivity index (χ2n) is 8.69. The Balaban J connectivity index is 1.48. The minimum atomic E-state index is -0.609. The average molecular weight is 519 g/mol. The van der Waals surface area contributed by atoms with Crippen LogP contribution in [0.4, 0.5) is 10.1 Å². The van der Waals surface area contributed by atoms with E-state index in [1.807, 2.05) is 59.2 Å². The zero-order valence-electron chi connectivity index (χ0n) is 20.3. The minimum absolute atomic E-state index is 0.0514. The van der Waals surface area contributed by atoms with E-state index >= 15 is 0 Å². The number of anilines is 1. The van der Waals surface area contributed by atoms with Gasteiger partial charge in [-0.1, -0.05) is 42.1 Å². The molecular weight excluding hydrogens is 491 g/mol. The first-order valence-electron chi connectivity index (χ1n) is 12.1. The molecule has 1 aliphatic heterocycles. The molecule has 0 aliphatic carbocycles. The van der Waals surface area contributed by atoms with Crippen molar-refractivity contribution in [3.05, 3.63) is 90.2 Å². The van der Waals surface area contributed by atoms with E-state index in [0.717, 1.165) is 36.3 Å². The van der Waals surface area contributed by atoms with Gasteiger partial charge in [0.15, 0.2) is 11.0 Å². The Hall–Kier alpha value is -3.69. The molecule has 5 rings (SSSR count). The van der Waals surface area contributed by atoms with E-state index in [1.54, 1.807) is 19.2 Å². The number of carbonyl (C=O) groups excluding carboxylic acids is 1. The zero-order valence-corrected chi connectivity index (χ0v) is 21.2. The lowest BCUT2D eigenvalue weighted by molar-refractivity contribution is -0.115. The predicted octanol–water partition coefficient (Wildman–Crippen LogP) is 5.74. The van der Waals surface area contributed by atoms with E-state index in [4.69, 9.17) is 9.47 Å². The van der Waals surface area contributed by atoms with Crippen molar-refractivity contribution in [1.29, 1.82) is 0 Å². The Morgan fingerprint density at radius 1 is 1.11 bits per heavy atom. The Kier molecular flexibility index (Phi) is 7.82. The van der Waals surface area contributed by atoms with Gasteiger partial charge in [0.05, 0.1) is 19.8 Å². The van der Waals surface area contributed by atoms with E-state index in [1.165, 1.54) is 23.9 Å². The van der Waals surface area contributed by atoms with Crippen molar-refractivity contribution < 1.29 is 18.7 Å². The third-order valence-electron chi connectivity index (χ3n) is 6.15. The van der Waals surface area contributed by atoms with Crippen LogP contribution in [0.1, 0.15) is 23.7 Å². The standard InChI is InChI=1S/C28H27FN4O3S/c1-35-23-15-9-20(10-16-23)26-31-32-28(33(26)18-24-8-5-17-36-24)37-25(19-6-3-2-4-7-19)27(34)30-22-13-11-21(29)12-14-22/h2-4,6-7,9-16,24-25H,5,8,17-18H2,1H3,(H,30,34). The summed E-state index contributed by atoms with van der Waals surface area (Å²) in [6.45, 7) is 1.32. The quantitative estimate of drug-likeness (QED) is 0.285. The Bertz CT molecular complexity index is 1320. The Labute approximate surface area is 219 Å². The summed E-state index contributed by atoms with van der Waals surface area (Å²) in [5.74, 6) is 0.859. The summed E-state index contributed by atoms with van der Waals surface area (Å²) in [7, 11) is 1.63. The van der Waals surface area contributed by atoms with Crippen LogP contribution in [0.2, 0.25) is 0 Å². The highest BCUT2D eigenvalue weighted by Gasteiger charge is 2.28. The van der Waals surface area contributed by atoms with Crippen LogP contribution in [0.15, 0.2) is 84.0 Å². The number of hydrogen-bond acceptors (Lipinski definition) is 6. The number of methoxy groups -OCH3 is 1. The van der Waals surface area contributed by atoms with Crippen LogP contribution < -0.4 is 10.1 Å². The molecule has 0 spiro atoms. The van der Waals surface area contributed by atoms with Crippen LogP contribution in [0, 0.1) is 5.82 Å². The second-order valence-corrected chi connectivity index (χ2v) is 9.76. The molecule has 3 aromatic carbocycles. The van der Waals surface area contributed by atoms with Crippen LogP contribution in [0.5, 0.6) is 5.75 Å². The fourth-order valence-electron chi connectivity index (χ4n) is 4.23. The second kappa shape index (κ2) is 11.6. The summed E-state index contributed by atoms with van der Waals surface area (Å²) >= 11 is 1.33. The first-order valence-corrected chi connectivity index (χ1v) is 13.0. The van der Waals surface area contributed by atoms with E-state index < -0.39 is 5.25 Å². The monoisotopic (exact) mass is 518 g/mol. The van der Waals surface area contributed by atoms with Gasteiger partial charge < -0.3 is 14.8 Å². The molecule has 2 heterocycles. The Morgan fingerprint density at radius 3 is 2.54 bits per heavy atom.